The van der Waals surface area contributed by atoms with Crippen LogP contribution in [0, 0.1) is 0 Å². The summed E-state index contributed by atoms with van der Waals surface area (Å²) in [6.07, 6.45) is -3.32. The van der Waals surface area contributed by atoms with Crippen LogP contribution in [-0.4, -0.2) is 42.5 Å². The van der Waals surface area contributed by atoms with E-state index in [4.69, 9.17) is 4.74 Å². The summed E-state index contributed by atoms with van der Waals surface area (Å²) in [4.78, 5) is 11.0. The molecule has 1 N–H and O–H groups in total. The van der Waals surface area contributed by atoms with Gasteiger partial charge < -0.3 is 9.64 Å². The van der Waals surface area contributed by atoms with Crippen LogP contribution >= 0.6 is 11.3 Å². The molecule has 1 fully saturated rings. The second kappa shape index (κ2) is 7.72. The number of alkyl halides is 3. The van der Waals surface area contributed by atoms with Gasteiger partial charge in [0.1, 0.15) is 0 Å². The first kappa shape index (κ1) is 18.6. The van der Waals surface area contributed by atoms with Gasteiger partial charge in [0.2, 0.25) is 5.95 Å². The molecule has 1 aliphatic rings. The van der Waals surface area contributed by atoms with E-state index >= 15 is 0 Å². The van der Waals surface area contributed by atoms with Gasteiger partial charge in [0.15, 0.2) is 5.82 Å². The molecule has 4 rings (SSSR count). The fraction of sp³-hybridized carbons (Fsp3) is 0.278. The molecule has 3 aromatic rings. The third-order valence-corrected chi connectivity index (χ3v) is 5.13. The van der Waals surface area contributed by atoms with Crippen molar-refractivity contribution in [3.63, 3.8) is 0 Å². The minimum Gasteiger partial charge on any atom is -0.378 e. The quantitative estimate of drug-likeness (QED) is 0.523. The van der Waals surface area contributed by atoms with Crippen LogP contribution in [0.25, 0.3) is 10.2 Å². The highest BCUT2D eigenvalue weighted by molar-refractivity contribution is 7.17. The van der Waals surface area contributed by atoms with Crippen molar-refractivity contribution < 1.29 is 17.9 Å². The maximum atomic E-state index is 13.1. The largest absolute Gasteiger partial charge is 0.417 e. The van der Waals surface area contributed by atoms with Gasteiger partial charge in [-0.05, 0) is 17.5 Å². The van der Waals surface area contributed by atoms with E-state index in [9.17, 15) is 13.2 Å². The fourth-order valence-electron chi connectivity index (χ4n) is 2.91. The predicted molar refractivity (Wildman–Crippen MR) is 103 cm³/mol. The molecule has 1 aromatic carbocycles. The van der Waals surface area contributed by atoms with Gasteiger partial charge in [0.05, 0.1) is 35.2 Å². The third-order valence-electron chi connectivity index (χ3n) is 4.23. The highest BCUT2D eigenvalue weighted by atomic mass is 32.1. The number of hydrogen-bond donors (Lipinski definition) is 1. The number of aromatic nitrogens is 2. The Bertz CT molecular complexity index is 998. The van der Waals surface area contributed by atoms with Gasteiger partial charge in [-0.3, -0.25) is 0 Å². The molecule has 0 radical (unpaired) electrons. The first-order valence-corrected chi connectivity index (χ1v) is 9.43. The number of benzene rings is 1. The van der Waals surface area contributed by atoms with Gasteiger partial charge >= 0.3 is 6.18 Å². The molecule has 2 aromatic heterocycles. The zero-order chi connectivity index (χ0) is 19.6. The lowest BCUT2D eigenvalue weighted by atomic mass is 10.1. The van der Waals surface area contributed by atoms with E-state index in [2.05, 4.69) is 25.4 Å². The summed E-state index contributed by atoms with van der Waals surface area (Å²) < 4.78 is 45.6. The van der Waals surface area contributed by atoms with Crippen molar-refractivity contribution in [1.82, 2.24) is 9.97 Å². The lowest BCUT2D eigenvalue weighted by molar-refractivity contribution is -0.137. The molecule has 1 aliphatic heterocycles. The maximum absolute atomic E-state index is 13.1. The standard InChI is InChI=1S/C18H16F3N5OS/c19-18(20,21)13-4-2-1-3-12(13)11-22-25-17-23-14-5-10-28-15(14)16(24-17)26-6-8-27-9-7-26/h1-5,10-11H,6-9H2,(H,23,24,25)/b22-11+. The maximum Gasteiger partial charge on any atom is 0.417 e. The Kier molecular flexibility index (Phi) is 5.14. The topological polar surface area (TPSA) is 62.6 Å². The Labute approximate surface area is 162 Å². The number of nitrogens with zero attached hydrogens (tertiary/aromatic N) is 4. The van der Waals surface area contributed by atoms with Crippen molar-refractivity contribution in [3.8, 4) is 0 Å². The molecule has 0 atom stereocenters. The van der Waals surface area contributed by atoms with Gasteiger partial charge in [-0.25, -0.2) is 10.4 Å². The Balaban J connectivity index is 1.60. The Hall–Kier alpha value is -2.72. The third kappa shape index (κ3) is 3.92. The van der Waals surface area contributed by atoms with E-state index in [-0.39, 0.29) is 11.5 Å². The minimum atomic E-state index is -4.45. The SMILES string of the molecule is FC(F)(F)c1ccccc1/C=N/Nc1nc(N2CCOCC2)c2sccc2n1. The summed E-state index contributed by atoms with van der Waals surface area (Å²) in [5.74, 6) is 1.00. The van der Waals surface area contributed by atoms with E-state index in [1.54, 1.807) is 11.3 Å². The molecule has 0 spiro atoms. The van der Waals surface area contributed by atoms with Crippen LogP contribution in [-0.2, 0) is 10.9 Å². The molecule has 0 unspecified atom stereocenters. The smallest absolute Gasteiger partial charge is 0.378 e. The van der Waals surface area contributed by atoms with Crippen molar-refractivity contribution in [2.45, 2.75) is 6.18 Å². The number of thiophene rings is 1. The second-order valence-corrected chi connectivity index (χ2v) is 6.98. The van der Waals surface area contributed by atoms with Crippen molar-refractivity contribution in [3.05, 3.63) is 46.8 Å². The highest BCUT2D eigenvalue weighted by Gasteiger charge is 2.32. The minimum absolute atomic E-state index is 0.0347. The van der Waals surface area contributed by atoms with E-state index in [0.717, 1.165) is 28.3 Å². The average Bonchev–Trinajstić information content (AvgIpc) is 3.16. The van der Waals surface area contributed by atoms with Crippen LogP contribution in [0.2, 0.25) is 0 Å². The number of halogens is 3. The molecular weight excluding hydrogens is 391 g/mol. The molecule has 146 valence electrons. The molecule has 0 saturated carbocycles. The summed E-state index contributed by atoms with van der Waals surface area (Å²) in [5, 5.41) is 5.85. The van der Waals surface area contributed by atoms with Gasteiger partial charge in [-0.1, -0.05) is 18.2 Å². The molecule has 0 amide bonds. The molecule has 0 aliphatic carbocycles. The van der Waals surface area contributed by atoms with Crippen molar-refractivity contribution in [1.29, 1.82) is 0 Å². The normalized spacial score (nSPS) is 15.5. The van der Waals surface area contributed by atoms with Crippen LogP contribution in [0.5, 0.6) is 0 Å². The second-order valence-electron chi connectivity index (χ2n) is 6.06. The van der Waals surface area contributed by atoms with Gasteiger partial charge in [0, 0.05) is 18.7 Å². The molecule has 0 bridgehead atoms. The van der Waals surface area contributed by atoms with Gasteiger partial charge in [-0.15, -0.1) is 11.3 Å². The van der Waals surface area contributed by atoms with E-state index < -0.39 is 11.7 Å². The molecule has 1 saturated heterocycles. The number of hydrogen-bond acceptors (Lipinski definition) is 7. The molecule has 3 heterocycles. The van der Waals surface area contributed by atoms with E-state index in [0.29, 0.717) is 26.3 Å². The first-order chi connectivity index (χ1) is 13.5. The fourth-order valence-corrected chi connectivity index (χ4v) is 3.76. The summed E-state index contributed by atoms with van der Waals surface area (Å²) in [5.41, 5.74) is 2.64. The summed E-state index contributed by atoms with van der Waals surface area (Å²) in [6, 6.07) is 7.12. The molecular formula is C18H16F3N5OS. The van der Waals surface area contributed by atoms with Gasteiger partial charge in [0.25, 0.3) is 0 Å². The Morgan fingerprint density at radius 1 is 1.14 bits per heavy atom. The van der Waals surface area contributed by atoms with Crippen LogP contribution in [0.3, 0.4) is 0 Å². The molecule has 6 nitrogen and oxygen atoms in total. The van der Waals surface area contributed by atoms with Crippen LogP contribution in [0.1, 0.15) is 11.1 Å². The lowest BCUT2D eigenvalue weighted by Crippen LogP contribution is -2.36. The van der Waals surface area contributed by atoms with Crippen LogP contribution < -0.4 is 10.3 Å². The zero-order valence-corrected chi connectivity index (χ0v) is 15.4. The molecule has 28 heavy (non-hydrogen) atoms. The Morgan fingerprint density at radius 3 is 2.71 bits per heavy atom. The highest BCUT2D eigenvalue weighted by Crippen LogP contribution is 2.32. The van der Waals surface area contributed by atoms with E-state index in [1.807, 2.05) is 11.4 Å². The number of nitrogens with one attached hydrogen (secondary N) is 1. The van der Waals surface area contributed by atoms with E-state index in [1.165, 1.54) is 18.2 Å². The van der Waals surface area contributed by atoms with Gasteiger partial charge in [-0.2, -0.15) is 23.3 Å². The van der Waals surface area contributed by atoms with Crippen molar-refractivity contribution >= 4 is 39.5 Å². The summed E-state index contributed by atoms with van der Waals surface area (Å²) in [7, 11) is 0. The Morgan fingerprint density at radius 2 is 1.93 bits per heavy atom. The number of anilines is 2. The first-order valence-electron chi connectivity index (χ1n) is 8.55. The summed E-state index contributed by atoms with van der Waals surface area (Å²) >= 11 is 1.54. The van der Waals surface area contributed by atoms with Crippen LogP contribution in [0.15, 0.2) is 40.8 Å². The monoisotopic (exact) mass is 407 g/mol. The number of morpholine rings is 1. The number of rotatable bonds is 4. The lowest BCUT2D eigenvalue weighted by Gasteiger charge is -2.28. The van der Waals surface area contributed by atoms with Crippen molar-refractivity contribution in [2.24, 2.45) is 5.10 Å². The zero-order valence-electron chi connectivity index (χ0n) is 14.6. The number of ether oxygens (including phenoxy) is 1. The number of fused-ring (bicyclic) bond motifs is 1. The molecule has 10 heteroatoms. The van der Waals surface area contributed by atoms with Crippen LogP contribution in [0.4, 0.5) is 24.9 Å². The average molecular weight is 407 g/mol. The number of hydrazone groups is 1. The predicted octanol–water partition coefficient (Wildman–Crippen LogP) is 3.99. The summed E-state index contributed by atoms with van der Waals surface area (Å²) in [6.45, 7) is 2.66. The van der Waals surface area contributed by atoms with Crippen molar-refractivity contribution in [2.75, 3.05) is 36.6 Å².